The third-order valence-electron chi connectivity index (χ3n) is 2.16. The van der Waals surface area contributed by atoms with Crippen molar-refractivity contribution in [1.29, 1.82) is 0 Å². The molecule has 0 atom stereocenters. The smallest absolute Gasteiger partial charge is 0.293 e. The maximum absolute atomic E-state index is 12.5. The van der Waals surface area contributed by atoms with Gasteiger partial charge in [0.25, 0.3) is 0 Å². The molecule has 0 aliphatic heterocycles. The van der Waals surface area contributed by atoms with Crippen LogP contribution in [0.4, 0.5) is 13.2 Å². The fourth-order valence-corrected chi connectivity index (χ4v) is 2.02. The number of hydrogen-bond acceptors (Lipinski definition) is 3. The second-order valence-electron chi connectivity index (χ2n) is 3.70. The van der Waals surface area contributed by atoms with E-state index in [-0.39, 0.29) is 22.5 Å². The first-order chi connectivity index (χ1) is 7.52. The highest BCUT2D eigenvalue weighted by Crippen LogP contribution is 2.30. The molecule has 0 fully saturated rings. The standard InChI is InChI=1S/C8H11F3N2O2S2/c1-5-6(8(9,10)11)12-13(7(5)16)3-4-17(2,14)15/h12H,3-4H2,1-2H3. The number of H-pyrrole nitrogens is 1. The van der Waals surface area contributed by atoms with Crippen molar-refractivity contribution in [3.05, 3.63) is 15.9 Å². The van der Waals surface area contributed by atoms with E-state index in [1.165, 1.54) is 6.92 Å². The zero-order valence-electron chi connectivity index (χ0n) is 9.13. The molecular formula is C8H11F3N2O2S2. The number of alkyl halides is 3. The summed E-state index contributed by atoms with van der Waals surface area (Å²) in [5, 5.41) is 2.09. The van der Waals surface area contributed by atoms with Crippen molar-refractivity contribution in [3.8, 4) is 0 Å². The summed E-state index contributed by atoms with van der Waals surface area (Å²) in [5.41, 5.74) is -1.03. The van der Waals surface area contributed by atoms with Crippen molar-refractivity contribution in [3.63, 3.8) is 0 Å². The van der Waals surface area contributed by atoms with Gasteiger partial charge in [0.2, 0.25) is 0 Å². The summed E-state index contributed by atoms with van der Waals surface area (Å²) in [6.07, 6.45) is -3.51. The number of hydrogen-bond donors (Lipinski definition) is 1. The summed E-state index contributed by atoms with van der Waals surface area (Å²) >= 11 is 4.81. The van der Waals surface area contributed by atoms with E-state index < -0.39 is 21.7 Å². The highest BCUT2D eigenvalue weighted by Gasteiger charge is 2.35. The van der Waals surface area contributed by atoms with Gasteiger partial charge in [-0.2, -0.15) is 13.2 Å². The maximum Gasteiger partial charge on any atom is 0.433 e. The molecule has 98 valence electrons. The molecule has 4 nitrogen and oxygen atoms in total. The highest BCUT2D eigenvalue weighted by molar-refractivity contribution is 7.90. The lowest BCUT2D eigenvalue weighted by Gasteiger charge is -2.04. The molecular weight excluding hydrogens is 277 g/mol. The summed E-state index contributed by atoms with van der Waals surface area (Å²) in [7, 11) is -3.25. The van der Waals surface area contributed by atoms with Crippen molar-refractivity contribution in [2.24, 2.45) is 0 Å². The van der Waals surface area contributed by atoms with E-state index in [1.54, 1.807) is 0 Å². The molecule has 0 saturated heterocycles. The molecule has 0 bridgehead atoms. The predicted octanol–water partition coefficient (Wildman–Crippen LogP) is 1.92. The molecule has 9 heteroatoms. The minimum atomic E-state index is -4.52. The summed E-state index contributed by atoms with van der Waals surface area (Å²) in [4.78, 5) is 0. The molecule has 17 heavy (non-hydrogen) atoms. The zero-order valence-corrected chi connectivity index (χ0v) is 10.8. The van der Waals surface area contributed by atoms with Crippen LogP contribution >= 0.6 is 12.2 Å². The number of sulfone groups is 1. The second-order valence-corrected chi connectivity index (χ2v) is 6.34. The normalized spacial score (nSPS) is 13.0. The SMILES string of the molecule is Cc1c(C(F)(F)F)[nH]n(CCS(C)(=O)=O)c1=S. The van der Waals surface area contributed by atoms with Crippen LogP contribution in [-0.4, -0.2) is 30.2 Å². The number of nitrogens with one attached hydrogen (secondary N) is 1. The minimum Gasteiger partial charge on any atom is -0.293 e. The van der Waals surface area contributed by atoms with Gasteiger partial charge in [-0.25, -0.2) is 8.42 Å². The van der Waals surface area contributed by atoms with E-state index in [9.17, 15) is 21.6 Å². The molecule has 0 saturated carbocycles. The van der Waals surface area contributed by atoms with Gasteiger partial charge in [0.1, 0.15) is 20.2 Å². The predicted molar refractivity (Wildman–Crippen MR) is 59.1 cm³/mol. The van der Waals surface area contributed by atoms with Crippen LogP contribution in [0.5, 0.6) is 0 Å². The van der Waals surface area contributed by atoms with Crippen molar-refractivity contribution in [1.82, 2.24) is 9.78 Å². The molecule has 0 radical (unpaired) electrons. The summed E-state index contributed by atoms with van der Waals surface area (Å²) in [5.74, 6) is -0.265. The molecule has 1 N–H and O–H groups in total. The monoisotopic (exact) mass is 288 g/mol. The van der Waals surface area contributed by atoms with Crippen molar-refractivity contribution in [2.75, 3.05) is 12.0 Å². The lowest BCUT2D eigenvalue weighted by atomic mass is 10.3. The quantitative estimate of drug-likeness (QED) is 0.865. The Balaban J connectivity index is 3.09. The van der Waals surface area contributed by atoms with E-state index >= 15 is 0 Å². The molecule has 0 aliphatic rings. The van der Waals surface area contributed by atoms with E-state index in [0.29, 0.717) is 0 Å². The molecule has 1 aromatic heterocycles. The van der Waals surface area contributed by atoms with Crippen molar-refractivity contribution in [2.45, 2.75) is 19.6 Å². The number of aromatic amines is 1. The Kier molecular flexibility index (Phi) is 3.72. The lowest BCUT2D eigenvalue weighted by Crippen LogP contribution is -2.14. The topological polar surface area (TPSA) is 54.9 Å². The van der Waals surface area contributed by atoms with Gasteiger partial charge in [-0.15, -0.1) is 0 Å². The highest BCUT2D eigenvalue weighted by atomic mass is 32.2. The molecule has 1 heterocycles. The van der Waals surface area contributed by atoms with Crippen LogP contribution < -0.4 is 0 Å². The summed E-state index contributed by atoms with van der Waals surface area (Å²) < 4.78 is 60.4. The van der Waals surface area contributed by atoms with E-state index in [0.717, 1.165) is 10.9 Å². The molecule has 0 amide bonds. The lowest BCUT2D eigenvalue weighted by molar-refractivity contribution is -0.141. The first-order valence-corrected chi connectivity index (χ1v) is 7.03. The molecule has 0 spiro atoms. The van der Waals surface area contributed by atoms with Gasteiger partial charge in [-0.1, -0.05) is 12.2 Å². The Morgan fingerprint density at radius 2 is 1.94 bits per heavy atom. The Hall–Kier alpha value is -0.830. The summed E-state index contributed by atoms with van der Waals surface area (Å²) in [6.45, 7) is 1.13. The molecule has 0 aliphatic carbocycles. The van der Waals surface area contributed by atoms with Crippen LogP contribution in [-0.2, 0) is 22.6 Å². The Labute approximate surface area is 101 Å². The average Bonchev–Trinajstić information content (AvgIpc) is 2.39. The van der Waals surface area contributed by atoms with Crippen molar-refractivity contribution >= 4 is 22.1 Å². The van der Waals surface area contributed by atoms with E-state index in [4.69, 9.17) is 12.2 Å². The van der Waals surface area contributed by atoms with Crippen LogP contribution in [0.1, 0.15) is 11.3 Å². The molecule has 1 rings (SSSR count). The van der Waals surface area contributed by atoms with Gasteiger partial charge < -0.3 is 0 Å². The average molecular weight is 288 g/mol. The van der Waals surface area contributed by atoms with Crippen LogP contribution in [0.2, 0.25) is 0 Å². The summed E-state index contributed by atoms with van der Waals surface area (Å²) in [6, 6.07) is 0. The third-order valence-corrected chi connectivity index (χ3v) is 3.61. The Bertz CT molecular complexity index is 569. The number of nitrogens with zero attached hydrogens (tertiary/aromatic N) is 1. The van der Waals surface area contributed by atoms with Gasteiger partial charge in [-0.3, -0.25) is 9.78 Å². The molecule has 0 aromatic carbocycles. The van der Waals surface area contributed by atoms with E-state index in [1.807, 2.05) is 0 Å². The van der Waals surface area contributed by atoms with Gasteiger partial charge in [0, 0.05) is 11.8 Å². The van der Waals surface area contributed by atoms with Crippen LogP contribution in [0, 0.1) is 11.6 Å². The van der Waals surface area contributed by atoms with Gasteiger partial charge in [0.05, 0.1) is 12.3 Å². The second kappa shape index (κ2) is 4.45. The molecule has 1 aromatic rings. The first kappa shape index (κ1) is 14.2. The van der Waals surface area contributed by atoms with E-state index in [2.05, 4.69) is 5.10 Å². The van der Waals surface area contributed by atoms with Crippen molar-refractivity contribution < 1.29 is 21.6 Å². The maximum atomic E-state index is 12.5. The van der Waals surface area contributed by atoms with Crippen LogP contribution in [0.3, 0.4) is 0 Å². The number of halogens is 3. The number of aryl methyl sites for hydroxylation is 1. The largest absolute Gasteiger partial charge is 0.433 e. The zero-order chi connectivity index (χ0) is 13.4. The number of rotatable bonds is 3. The fourth-order valence-electron chi connectivity index (χ4n) is 1.27. The fraction of sp³-hybridized carbons (Fsp3) is 0.625. The molecule has 0 unspecified atom stereocenters. The Morgan fingerprint density at radius 1 is 1.41 bits per heavy atom. The van der Waals surface area contributed by atoms with Gasteiger partial charge in [0.15, 0.2) is 0 Å². The first-order valence-electron chi connectivity index (χ1n) is 4.56. The van der Waals surface area contributed by atoms with Gasteiger partial charge >= 0.3 is 6.18 Å². The number of aromatic nitrogens is 2. The Morgan fingerprint density at radius 3 is 2.29 bits per heavy atom. The van der Waals surface area contributed by atoms with Crippen LogP contribution in [0.25, 0.3) is 0 Å². The van der Waals surface area contributed by atoms with Gasteiger partial charge in [-0.05, 0) is 6.92 Å². The minimum absolute atomic E-state index is 0.0269. The third kappa shape index (κ3) is 3.56. The van der Waals surface area contributed by atoms with Crippen LogP contribution in [0.15, 0.2) is 0 Å².